The van der Waals surface area contributed by atoms with E-state index in [1.807, 2.05) is 24.5 Å². The molecule has 0 radical (unpaired) electrons. The topological polar surface area (TPSA) is 52.5 Å². The van der Waals surface area contributed by atoms with Gasteiger partial charge in [-0.25, -0.2) is 4.98 Å². The minimum absolute atomic E-state index is 0. The van der Waals surface area contributed by atoms with Gasteiger partial charge in [-0.05, 0) is 30.3 Å². The first-order chi connectivity index (χ1) is 8.79. The van der Waals surface area contributed by atoms with Crippen molar-refractivity contribution in [2.24, 2.45) is 0 Å². The zero-order valence-electron chi connectivity index (χ0n) is 10.5. The van der Waals surface area contributed by atoms with Crippen LogP contribution in [0.25, 0.3) is 0 Å². The Morgan fingerprint density at radius 2 is 2.00 bits per heavy atom. The molecule has 2 aromatic rings. The van der Waals surface area contributed by atoms with Crippen molar-refractivity contribution in [1.29, 1.82) is 0 Å². The van der Waals surface area contributed by atoms with Crippen LogP contribution in [0.1, 0.15) is 15.9 Å². The van der Waals surface area contributed by atoms with Crippen LogP contribution in [0.15, 0.2) is 48.8 Å². The third-order valence-electron chi connectivity index (χ3n) is 2.58. The number of amides is 1. The Morgan fingerprint density at radius 1 is 1.26 bits per heavy atom. The molecular weight excluding hydrogens is 264 g/mol. The van der Waals surface area contributed by atoms with Crippen molar-refractivity contribution < 1.29 is 26.9 Å². The molecule has 0 bridgehead atoms. The molecule has 2 rings (SSSR count). The van der Waals surface area contributed by atoms with E-state index in [4.69, 9.17) is 4.74 Å². The molecule has 1 amide bonds. The second kappa shape index (κ2) is 7.38. The molecular formula is C14H15ClN2O2. The molecule has 0 spiro atoms. The highest BCUT2D eigenvalue weighted by molar-refractivity contribution is 5.94. The lowest BCUT2D eigenvalue weighted by molar-refractivity contribution is -0.378. The van der Waals surface area contributed by atoms with E-state index in [9.17, 15) is 4.79 Å². The molecule has 1 aromatic heterocycles. The van der Waals surface area contributed by atoms with Crippen molar-refractivity contribution in [2.75, 3.05) is 7.11 Å². The first-order valence-corrected chi connectivity index (χ1v) is 5.67. The van der Waals surface area contributed by atoms with E-state index in [0.717, 1.165) is 11.3 Å². The summed E-state index contributed by atoms with van der Waals surface area (Å²) in [6, 6.07) is 10.9. The average molecular weight is 279 g/mol. The molecule has 2 N–H and O–H groups in total. The Bertz CT molecular complexity index is 515. The fourth-order valence-corrected chi connectivity index (χ4v) is 1.57. The number of carbonyl (C=O) groups is 1. The summed E-state index contributed by atoms with van der Waals surface area (Å²) < 4.78 is 5.04. The van der Waals surface area contributed by atoms with Crippen molar-refractivity contribution in [1.82, 2.24) is 5.32 Å². The van der Waals surface area contributed by atoms with Crippen LogP contribution < -0.4 is 27.4 Å². The quantitative estimate of drug-likeness (QED) is 0.736. The number of aromatic nitrogens is 1. The fraction of sp³-hybridized carbons (Fsp3) is 0.143. The number of aromatic amines is 1. The molecule has 0 saturated heterocycles. The van der Waals surface area contributed by atoms with Crippen molar-refractivity contribution in [3.63, 3.8) is 0 Å². The number of benzene rings is 1. The lowest BCUT2D eigenvalue weighted by Gasteiger charge is -2.05. The average Bonchev–Trinajstić information content (AvgIpc) is 2.46. The third-order valence-corrected chi connectivity index (χ3v) is 2.58. The van der Waals surface area contributed by atoms with Crippen molar-refractivity contribution in [3.05, 3.63) is 59.9 Å². The molecule has 0 aliphatic carbocycles. The van der Waals surface area contributed by atoms with E-state index < -0.39 is 0 Å². The second-order valence-corrected chi connectivity index (χ2v) is 3.82. The largest absolute Gasteiger partial charge is 1.00 e. The van der Waals surface area contributed by atoms with Gasteiger partial charge in [0.25, 0.3) is 5.91 Å². The van der Waals surface area contributed by atoms with Gasteiger partial charge >= 0.3 is 0 Å². The van der Waals surface area contributed by atoms with Crippen LogP contribution in [0.2, 0.25) is 0 Å². The number of halogens is 1. The van der Waals surface area contributed by atoms with Gasteiger partial charge in [-0.15, -0.1) is 0 Å². The lowest BCUT2D eigenvalue weighted by Crippen LogP contribution is -3.00. The number of nitrogens with one attached hydrogen (secondary N) is 2. The Labute approximate surface area is 118 Å². The van der Waals surface area contributed by atoms with Crippen LogP contribution in [0.4, 0.5) is 0 Å². The second-order valence-electron chi connectivity index (χ2n) is 3.82. The molecule has 4 nitrogen and oxygen atoms in total. The maximum absolute atomic E-state index is 11.9. The summed E-state index contributed by atoms with van der Waals surface area (Å²) in [7, 11) is 1.60. The first-order valence-electron chi connectivity index (χ1n) is 5.67. The zero-order chi connectivity index (χ0) is 12.8. The number of H-pyrrole nitrogens is 1. The molecule has 1 heterocycles. The van der Waals surface area contributed by atoms with Crippen LogP contribution in [0.3, 0.4) is 0 Å². The van der Waals surface area contributed by atoms with Gasteiger partial charge in [0.1, 0.15) is 5.75 Å². The number of carbonyl (C=O) groups excluding carboxylic acids is 1. The van der Waals surface area contributed by atoms with E-state index in [1.54, 1.807) is 31.4 Å². The van der Waals surface area contributed by atoms with Crippen LogP contribution in [0, 0.1) is 0 Å². The summed E-state index contributed by atoms with van der Waals surface area (Å²) in [6.07, 6.45) is 3.68. The Balaban J connectivity index is 0.00000180. The molecule has 0 saturated carbocycles. The molecule has 1 aromatic carbocycles. The van der Waals surface area contributed by atoms with Gasteiger partial charge in [0, 0.05) is 23.7 Å². The van der Waals surface area contributed by atoms with Gasteiger partial charge in [0.2, 0.25) is 0 Å². The van der Waals surface area contributed by atoms with Gasteiger partial charge in [-0.3, -0.25) is 4.79 Å². The van der Waals surface area contributed by atoms with Gasteiger partial charge in [-0.1, -0.05) is 0 Å². The number of ether oxygens (including phenoxy) is 1. The molecule has 0 aliphatic rings. The minimum atomic E-state index is -0.0958. The Morgan fingerprint density at radius 3 is 2.58 bits per heavy atom. The number of hydrogen-bond acceptors (Lipinski definition) is 2. The smallest absolute Gasteiger partial charge is 0.251 e. The normalized spacial score (nSPS) is 9.32. The van der Waals surface area contributed by atoms with Crippen molar-refractivity contribution in [3.8, 4) is 5.75 Å². The van der Waals surface area contributed by atoms with Crippen LogP contribution in [0.5, 0.6) is 5.75 Å². The van der Waals surface area contributed by atoms with Gasteiger partial charge in [-0.2, -0.15) is 0 Å². The third kappa shape index (κ3) is 4.26. The summed E-state index contributed by atoms with van der Waals surface area (Å²) in [5.74, 6) is 0.644. The van der Waals surface area contributed by atoms with Crippen molar-refractivity contribution in [2.45, 2.75) is 6.54 Å². The Hall–Kier alpha value is -2.07. The van der Waals surface area contributed by atoms with Crippen molar-refractivity contribution >= 4 is 5.91 Å². The molecule has 5 heteroatoms. The highest BCUT2D eigenvalue weighted by Crippen LogP contribution is 2.11. The molecule has 19 heavy (non-hydrogen) atoms. The summed E-state index contributed by atoms with van der Waals surface area (Å²) in [6.45, 7) is 0.502. The van der Waals surface area contributed by atoms with E-state index in [1.165, 1.54) is 0 Å². The number of methoxy groups -OCH3 is 1. The van der Waals surface area contributed by atoms with Gasteiger partial charge in [0.05, 0.1) is 7.11 Å². The Kier molecular flexibility index (Phi) is 5.82. The fourth-order valence-electron chi connectivity index (χ4n) is 1.57. The monoisotopic (exact) mass is 278 g/mol. The highest BCUT2D eigenvalue weighted by Gasteiger charge is 2.05. The van der Waals surface area contributed by atoms with E-state index >= 15 is 0 Å². The van der Waals surface area contributed by atoms with E-state index in [2.05, 4.69) is 10.3 Å². The summed E-state index contributed by atoms with van der Waals surface area (Å²) >= 11 is 0. The molecule has 0 fully saturated rings. The van der Waals surface area contributed by atoms with Crippen LogP contribution in [-0.2, 0) is 6.54 Å². The molecule has 0 unspecified atom stereocenters. The van der Waals surface area contributed by atoms with E-state index in [-0.39, 0.29) is 18.3 Å². The summed E-state index contributed by atoms with van der Waals surface area (Å²) in [5.41, 5.74) is 1.65. The zero-order valence-corrected chi connectivity index (χ0v) is 11.3. The predicted octanol–water partition coefficient (Wildman–Crippen LogP) is -1.56. The maximum atomic E-state index is 11.9. The number of pyridine rings is 1. The molecule has 0 atom stereocenters. The summed E-state index contributed by atoms with van der Waals surface area (Å²) in [4.78, 5) is 14.8. The van der Waals surface area contributed by atoms with E-state index in [0.29, 0.717) is 12.1 Å². The molecule has 0 aliphatic heterocycles. The lowest BCUT2D eigenvalue weighted by atomic mass is 10.2. The van der Waals surface area contributed by atoms with Crippen LogP contribution in [-0.4, -0.2) is 13.0 Å². The minimum Gasteiger partial charge on any atom is -1.00 e. The number of hydrogen-bond donors (Lipinski definition) is 1. The highest BCUT2D eigenvalue weighted by atomic mass is 35.5. The van der Waals surface area contributed by atoms with Crippen LogP contribution >= 0.6 is 0 Å². The van der Waals surface area contributed by atoms with Gasteiger partial charge < -0.3 is 22.5 Å². The molecule has 100 valence electrons. The van der Waals surface area contributed by atoms with Gasteiger partial charge in [0.15, 0.2) is 12.4 Å². The SMILES string of the molecule is COc1ccc(C(=O)NCc2ccc[nH+]c2)cc1.[Cl-]. The predicted molar refractivity (Wildman–Crippen MR) is 67.2 cm³/mol. The maximum Gasteiger partial charge on any atom is 0.251 e. The standard InChI is InChI=1S/C14H14N2O2.ClH/c1-18-13-6-4-12(5-7-13)14(17)16-10-11-3-2-8-15-9-11;/h2-9H,10H2,1H3,(H,16,17);1H. The summed E-state index contributed by atoms with van der Waals surface area (Å²) in [5, 5.41) is 2.85. The number of rotatable bonds is 4. The first kappa shape index (κ1) is 15.0.